The average molecular weight is 397 g/mol. The zero-order valence-corrected chi connectivity index (χ0v) is 16.9. The number of benzene rings is 2. The minimum atomic E-state index is -0.218. The van der Waals surface area contributed by atoms with Crippen LogP contribution in [0, 0.1) is 5.82 Å². The Bertz CT molecular complexity index is 821. The Morgan fingerprint density at radius 2 is 1.66 bits per heavy atom. The quantitative estimate of drug-likeness (QED) is 0.862. The predicted molar refractivity (Wildman–Crippen MR) is 113 cm³/mol. The van der Waals surface area contributed by atoms with E-state index >= 15 is 0 Å². The Morgan fingerprint density at radius 3 is 2.31 bits per heavy atom. The van der Waals surface area contributed by atoms with E-state index < -0.39 is 0 Å². The van der Waals surface area contributed by atoms with E-state index in [1.54, 1.807) is 0 Å². The van der Waals surface area contributed by atoms with Crippen molar-refractivity contribution in [3.63, 3.8) is 0 Å². The summed E-state index contributed by atoms with van der Waals surface area (Å²) in [5, 5.41) is 0. The summed E-state index contributed by atoms with van der Waals surface area (Å²) in [5.74, 6) is 0.140. The highest BCUT2D eigenvalue weighted by atomic mass is 19.1. The fourth-order valence-corrected chi connectivity index (χ4v) is 4.50. The molecule has 1 unspecified atom stereocenters. The Labute approximate surface area is 171 Å². The zero-order chi connectivity index (χ0) is 20.4. The first-order valence-corrected chi connectivity index (χ1v) is 10.4. The third-order valence-corrected chi connectivity index (χ3v) is 6.32. The number of halogens is 1. The van der Waals surface area contributed by atoms with Crippen molar-refractivity contribution in [1.29, 1.82) is 0 Å². The lowest BCUT2D eigenvalue weighted by molar-refractivity contribution is -0.135. The number of carbonyl (C=O) groups excluding carboxylic acids is 1. The van der Waals surface area contributed by atoms with Crippen molar-refractivity contribution in [3.8, 4) is 0 Å². The highest BCUT2D eigenvalue weighted by Gasteiger charge is 2.37. The van der Waals surface area contributed by atoms with Crippen LogP contribution in [0.3, 0.4) is 0 Å². The van der Waals surface area contributed by atoms with E-state index in [0.717, 1.165) is 31.9 Å². The smallest absolute Gasteiger partial charge is 0.239 e. The molecule has 29 heavy (non-hydrogen) atoms. The largest absolute Gasteiger partial charge is 0.369 e. The molecule has 0 bridgehead atoms. The van der Waals surface area contributed by atoms with Gasteiger partial charge in [-0.1, -0.05) is 30.3 Å². The maximum absolute atomic E-state index is 13.1. The summed E-state index contributed by atoms with van der Waals surface area (Å²) in [7, 11) is 0. The first-order chi connectivity index (χ1) is 14.0. The molecule has 1 amide bonds. The SMILES string of the molecule is CC(C(=O)N1C[C@@H](N)[C@H](c2ccccc2)C1)N1CCN(c2ccc(F)cc2)CC1. The molecule has 4 rings (SSSR count). The van der Waals surface area contributed by atoms with Crippen molar-refractivity contribution in [1.82, 2.24) is 9.80 Å². The number of piperazine rings is 1. The molecule has 2 fully saturated rings. The van der Waals surface area contributed by atoms with E-state index in [0.29, 0.717) is 13.1 Å². The van der Waals surface area contributed by atoms with Crippen LogP contribution in [0.2, 0.25) is 0 Å². The molecule has 2 N–H and O–H groups in total. The van der Waals surface area contributed by atoms with Crippen molar-refractivity contribution >= 4 is 11.6 Å². The van der Waals surface area contributed by atoms with E-state index in [2.05, 4.69) is 21.9 Å². The number of nitrogens with two attached hydrogens (primary N) is 1. The van der Waals surface area contributed by atoms with Gasteiger partial charge in [0.05, 0.1) is 6.04 Å². The highest BCUT2D eigenvalue weighted by Crippen LogP contribution is 2.27. The Morgan fingerprint density at radius 1 is 1.00 bits per heavy atom. The number of likely N-dealkylation sites (tertiary alicyclic amines) is 1. The van der Waals surface area contributed by atoms with E-state index in [1.165, 1.54) is 17.7 Å². The van der Waals surface area contributed by atoms with Gasteiger partial charge in [-0.05, 0) is 36.8 Å². The molecule has 2 aliphatic rings. The number of hydrogen-bond acceptors (Lipinski definition) is 4. The van der Waals surface area contributed by atoms with Gasteiger partial charge in [-0.3, -0.25) is 9.69 Å². The topological polar surface area (TPSA) is 52.8 Å². The molecule has 0 spiro atoms. The van der Waals surface area contributed by atoms with Crippen LogP contribution in [0.1, 0.15) is 18.4 Å². The van der Waals surface area contributed by atoms with Gasteiger partial charge >= 0.3 is 0 Å². The van der Waals surface area contributed by atoms with Gasteiger partial charge in [-0.2, -0.15) is 0 Å². The van der Waals surface area contributed by atoms with E-state index in [9.17, 15) is 9.18 Å². The van der Waals surface area contributed by atoms with Gasteiger partial charge in [-0.15, -0.1) is 0 Å². The molecule has 3 atom stereocenters. The number of rotatable bonds is 4. The van der Waals surface area contributed by atoms with Crippen molar-refractivity contribution in [3.05, 3.63) is 66.0 Å². The fourth-order valence-electron chi connectivity index (χ4n) is 4.50. The molecule has 0 aromatic heterocycles. The van der Waals surface area contributed by atoms with Crippen LogP contribution in [0.5, 0.6) is 0 Å². The van der Waals surface area contributed by atoms with Crippen LogP contribution in [0.4, 0.5) is 10.1 Å². The van der Waals surface area contributed by atoms with Gasteiger partial charge in [0.1, 0.15) is 5.82 Å². The average Bonchev–Trinajstić information content (AvgIpc) is 3.15. The van der Waals surface area contributed by atoms with Crippen LogP contribution in [0.25, 0.3) is 0 Å². The Hall–Kier alpha value is -2.44. The summed E-state index contributed by atoms with van der Waals surface area (Å²) in [5.41, 5.74) is 8.60. The number of hydrogen-bond donors (Lipinski definition) is 1. The molecule has 2 aliphatic heterocycles. The Balaban J connectivity index is 1.33. The lowest BCUT2D eigenvalue weighted by Gasteiger charge is -2.39. The molecule has 2 aromatic carbocycles. The van der Waals surface area contributed by atoms with Gasteiger partial charge in [0.25, 0.3) is 0 Å². The molecular formula is C23H29FN4O. The highest BCUT2D eigenvalue weighted by molar-refractivity contribution is 5.82. The number of nitrogens with zero attached hydrogens (tertiary/aromatic N) is 3. The van der Waals surface area contributed by atoms with Crippen LogP contribution < -0.4 is 10.6 Å². The van der Waals surface area contributed by atoms with E-state index in [4.69, 9.17) is 5.73 Å². The molecule has 6 heteroatoms. The molecule has 0 aliphatic carbocycles. The summed E-state index contributed by atoms with van der Waals surface area (Å²) >= 11 is 0. The summed E-state index contributed by atoms with van der Waals surface area (Å²) in [6.45, 7) is 6.57. The first kappa shape index (κ1) is 19.9. The normalized spacial score (nSPS) is 24.0. The summed E-state index contributed by atoms with van der Waals surface area (Å²) in [6.07, 6.45) is 0. The minimum Gasteiger partial charge on any atom is -0.369 e. The second-order valence-electron chi connectivity index (χ2n) is 8.10. The summed E-state index contributed by atoms with van der Waals surface area (Å²) < 4.78 is 13.1. The number of carbonyl (C=O) groups is 1. The van der Waals surface area contributed by atoms with Crippen molar-refractivity contribution in [2.75, 3.05) is 44.2 Å². The molecular weight excluding hydrogens is 367 g/mol. The van der Waals surface area contributed by atoms with Crippen molar-refractivity contribution in [2.24, 2.45) is 5.73 Å². The lowest BCUT2D eigenvalue weighted by Crippen LogP contribution is -2.54. The van der Waals surface area contributed by atoms with Crippen molar-refractivity contribution in [2.45, 2.75) is 24.9 Å². The molecule has 2 heterocycles. The Kier molecular flexibility index (Phi) is 5.83. The maximum Gasteiger partial charge on any atom is 0.239 e. The van der Waals surface area contributed by atoms with Gasteiger partial charge in [0, 0.05) is 56.9 Å². The summed E-state index contributed by atoms with van der Waals surface area (Å²) in [4.78, 5) is 19.5. The third-order valence-electron chi connectivity index (χ3n) is 6.32. The monoisotopic (exact) mass is 396 g/mol. The summed E-state index contributed by atoms with van der Waals surface area (Å²) in [6, 6.07) is 16.7. The second-order valence-corrected chi connectivity index (χ2v) is 8.10. The second kappa shape index (κ2) is 8.51. The van der Waals surface area contributed by atoms with Gasteiger partial charge in [0.15, 0.2) is 0 Å². The molecule has 154 valence electrons. The van der Waals surface area contributed by atoms with E-state index in [-0.39, 0.29) is 29.7 Å². The van der Waals surface area contributed by atoms with Gasteiger partial charge in [-0.25, -0.2) is 4.39 Å². The van der Waals surface area contributed by atoms with Crippen LogP contribution >= 0.6 is 0 Å². The standard InChI is InChI=1S/C23H29FN4O/c1-17(26-11-13-27(14-12-26)20-9-7-19(24)8-10-20)23(29)28-15-21(22(25)16-28)18-5-3-2-4-6-18/h2-10,17,21-22H,11-16,25H2,1H3/t17?,21-,22+/m0/s1. The third kappa shape index (κ3) is 4.28. The number of anilines is 1. The van der Waals surface area contributed by atoms with Crippen LogP contribution in [-0.2, 0) is 4.79 Å². The van der Waals surface area contributed by atoms with Crippen LogP contribution in [0.15, 0.2) is 54.6 Å². The van der Waals surface area contributed by atoms with Gasteiger partial charge in [0.2, 0.25) is 5.91 Å². The van der Waals surface area contributed by atoms with Gasteiger partial charge < -0.3 is 15.5 Å². The maximum atomic E-state index is 13.1. The van der Waals surface area contributed by atoms with Crippen LogP contribution in [-0.4, -0.2) is 67.1 Å². The predicted octanol–water partition coefficient (Wildman–Crippen LogP) is 2.29. The molecule has 0 radical (unpaired) electrons. The van der Waals surface area contributed by atoms with E-state index in [1.807, 2.05) is 42.2 Å². The number of amides is 1. The fraction of sp³-hybridized carbons (Fsp3) is 0.435. The molecule has 0 saturated carbocycles. The molecule has 2 aromatic rings. The van der Waals surface area contributed by atoms with Crippen molar-refractivity contribution < 1.29 is 9.18 Å². The molecule has 5 nitrogen and oxygen atoms in total. The lowest BCUT2D eigenvalue weighted by atomic mass is 9.95. The zero-order valence-electron chi connectivity index (χ0n) is 16.9. The minimum absolute atomic E-state index is 0.0242. The first-order valence-electron chi connectivity index (χ1n) is 10.4. The molecule has 2 saturated heterocycles.